The Morgan fingerprint density at radius 1 is 1.50 bits per heavy atom. The molecule has 4 nitrogen and oxygen atoms in total. The third-order valence-corrected chi connectivity index (χ3v) is 2.34. The van der Waals surface area contributed by atoms with Gasteiger partial charge < -0.3 is 5.11 Å². The Morgan fingerprint density at radius 2 is 2.12 bits per heavy atom. The highest BCUT2D eigenvalue weighted by atomic mass is 19.1. The van der Waals surface area contributed by atoms with Crippen LogP contribution < -0.4 is 0 Å². The molecule has 0 heterocycles. The van der Waals surface area contributed by atoms with Crippen molar-refractivity contribution < 1.29 is 14.4 Å². The predicted molar refractivity (Wildman–Crippen MR) is 57.6 cm³/mol. The highest BCUT2D eigenvalue weighted by molar-refractivity contribution is 5.35. The van der Waals surface area contributed by atoms with Gasteiger partial charge in [0.25, 0.3) is 5.69 Å². The summed E-state index contributed by atoms with van der Waals surface area (Å²) in [5.41, 5.74) is -0.367. The number of hydrogen-bond donors (Lipinski definition) is 1. The van der Waals surface area contributed by atoms with Crippen LogP contribution >= 0.6 is 0 Å². The summed E-state index contributed by atoms with van der Waals surface area (Å²) in [6.07, 6.45) is 0.261. The summed E-state index contributed by atoms with van der Waals surface area (Å²) in [5.74, 6) is -0.480. The van der Waals surface area contributed by atoms with Gasteiger partial charge in [-0.05, 0) is 23.5 Å². The zero-order chi connectivity index (χ0) is 12.3. The van der Waals surface area contributed by atoms with Crippen molar-refractivity contribution in [3.8, 4) is 0 Å². The molecule has 0 aliphatic heterocycles. The second-order valence-corrected chi connectivity index (χ2v) is 4.53. The number of rotatable bonds is 4. The molecule has 1 aromatic rings. The molecular formula is C11H14FNO3. The van der Waals surface area contributed by atoms with Crippen molar-refractivity contribution in [2.24, 2.45) is 5.41 Å². The van der Waals surface area contributed by atoms with Gasteiger partial charge in [-0.25, -0.2) is 4.39 Å². The maximum absolute atomic E-state index is 13.4. The number of nitro benzene ring substituents is 1. The van der Waals surface area contributed by atoms with E-state index in [-0.39, 0.29) is 24.3 Å². The van der Waals surface area contributed by atoms with E-state index in [2.05, 4.69) is 0 Å². The fourth-order valence-corrected chi connectivity index (χ4v) is 1.38. The van der Waals surface area contributed by atoms with E-state index in [0.717, 1.165) is 12.1 Å². The molecule has 0 aliphatic rings. The molecule has 0 aliphatic carbocycles. The Kier molecular flexibility index (Phi) is 3.59. The van der Waals surface area contributed by atoms with Gasteiger partial charge in [-0.15, -0.1) is 0 Å². The van der Waals surface area contributed by atoms with E-state index in [0.29, 0.717) is 0 Å². The first-order valence-corrected chi connectivity index (χ1v) is 4.89. The van der Waals surface area contributed by atoms with Crippen LogP contribution in [-0.2, 0) is 6.42 Å². The molecule has 0 radical (unpaired) electrons. The Hall–Kier alpha value is -1.49. The quantitative estimate of drug-likeness (QED) is 0.634. The summed E-state index contributed by atoms with van der Waals surface area (Å²) in [7, 11) is 0. The van der Waals surface area contributed by atoms with Crippen LogP contribution in [0.2, 0.25) is 0 Å². The highest BCUT2D eigenvalue weighted by Gasteiger charge is 2.21. The van der Waals surface area contributed by atoms with E-state index in [9.17, 15) is 14.5 Å². The first kappa shape index (κ1) is 12.6. The fourth-order valence-electron chi connectivity index (χ4n) is 1.38. The van der Waals surface area contributed by atoms with Crippen molar-refractivity contribution in [1.29, 1.82) is 0 Å². The smallest absolute Gasteiger partial charge is 0.269 e. The van der Waals surface area contributed by atoms with Crippen molar-refractivity contribution in [3.05, 3.63) is 39.7 Å². The van der Waals surface area contributed by atoms with Gasteiger partial charge in [-0.3, -0.25) is 10.1 Å². The Morgan fingerprint density at radius 3 is 2.62 bits per heavy atom. The molecule has 0 unspecified atom stereocenters. The lowest BCUT2D eigenvalue weighted by atomic mass is 9.86. The van der Waals surface area contributed by atoms with E-state index < -0.39 is 16.2 Å². The molecule has 0 saturated heterocycles. The van der Waals surface area contributed by atoms with Gasteiger partial charge in [-0.1, -0.05) is 13.8 Å². The van der Waals surface area contributed by atoms with E-state index in [1.165, 1.54) is 6.07 Å². The predicted octanol–water partition coefficient (Wildman–Crippen LogP) is 2.29. The number of halogens is 1. The maximum Gasteiger partial charge on any atom is 0.269 e. The standard InChI is InChI=1S/C11H14FNO3/c1-11(2,7-14)6-8-5-9(13(15)16)3-4-10(8)12/h3-5,14H,6-7H2,1-2H3. The Labute approximate surface area is 92.9 Å². The van der Waals surface area contributed by atoms with Gasteiger partial charge in [0, 0.05) is 18.7 Å². The van der Waals surface area contributed by atoms with Crippen molar-refractivity contribution in [2.75, 3.05) is 6.61 Å². The molecule has 0 amide bonds. The normalized spacial score (nSPS) is 11.5. The van der Waals surface area contributed by atoms with E-state index in [1.54, 1.807) is 13.8 Å². The number of non-ortho nitro benzene ring substituents is 1. The number of hydrogen-bond acceptors (Lipinski definition) is 3. The first-order valence-electron chi connectivity index (χ1n) is 4.89. The van der Waals surface area contributed by atoms with Crippen LogP contribution in [0.1, 0.15) is 19.4 Å². The zero-order valence-corrected chi connectivity index (χ0v) is 9.24. The average Bonchev–Trinajstić information content (AvgIpc) is 2.21. The molecule has 0 spiro atoms. The molecule has 0 aromatic heterocycles. The molecule has 5 heteroatoms. The molecular weight excluding hydrogens is 213 g/mol. The third-order valence-electron chi connectivity index (χ3n) is 2.34. The van der Waals surface area contributed by atoms with Crippen molar-refractivity contribution in [1.82, 2.24) is 0 Å². The molecule has 1 aromatic carbocycles. The Balaban J connectivity index is 3.03. The third kappa shape index (κ3) is 3.00. The van der Waals surface area contributed by atoms with Crippen LogP contribution in [0.15, 0.2) is 18.2 Å². The molecule has 16 heavy (non-hydrogen) atoms. The number of aliphatic hydroxyl groups excluding tert-OH is 1. The summed E-state index contributed by atoms with van der Waals surface area (Å²) in [4.78, 5) is 9.97. The number of benzene rings is 1. The van der Waals surface area contributed by atoms with Gasteiger partial charge in [0.15, 0.2) is 0 Å². The summed E-state index contributed by atoms with van der Waals surface area (Å²) in [5, 5.41) is 19.6. The van der Waals surface area contributed by atoms with Crippen LogP contribution in [0.4, 0.5) is 10.1 Å². The number of nitrogens with zero attached hydrogens (tertiary/aromatic N) is 1. The first-order chi connectivity index (χ1) is 7.35. The lowest BCUT2D eigenvalue weighted by Gasteiger charge is -2.21. The molecule has 0 bridgehead atoms. The monoisotopic (exact) mass is 227 g/mol. The SMILES string of the molecule is CC(C)(CO)Cc1cc([N+](=O)[O-])ccc1F. The summed E-state index contributed by atoms with van der Waals surface area (Å²) < 4.78 is 13.4. The van der Waals surface area contributed by atoms with Crippen molar-refractivity contribution in [2.45, 2.75) is 20.3 Å². The number of aliphatic hydroxyl groups is 1. The minimum atomic E-state index is -0.561. The maximum atomic E-state index is 13.4. The van der Waals surface area contributed by atoms with Crippen LogP contribution in [0.3, 0.4) is 0 Å². The summed E-state index contributed by atoms with van der Waals surface area (Å²) >= 11 is 0. The molecule has 0 fully saturated rings. The largest absolute Gasteiger partial charge is 0.396 e. The molecule has 1 N–H and O–H groups in total. The lowest BCUT2D eigenvalue weighted by molar-refractivity contribution is -0.385. The summed E-state index contributed by atoms with van der Waals surface area (Å²) in [6, 6.07) is 3.43. The Bertz CT molecular complexity index is 404. The molecule has 0 atom stereocenters. The summed E-state index contributed by atoms with van der Waals surface area (Å²) in [6.45, 7) is 3.44. The van der Waals surface area contributed by atoms with Crippen molar-refractivity contribution in [3.63, 3.8) is 0 Å². The lowest BCUT2D eigenvalue weighted by Crippen LogP contribution is -2.20. The van der Waals surface area contributed by atoms with Crippen LogP contribution in [0.5, 0.6) is 0 Å². The van der Waals surface area contributed by atoms with E-state index in [1.807, 2.05) is 0 Å². The van der Waals surface area contributed by atoms with Crippen LogP contribution in [0.25, 0.3) is 0 Å². The van der Waals surface area contributed by atoms with Crippen LogP contribution in [0, 0.1) is 21.3 Å². The van der Waals surface area contributed by atoms with Gasteiger partial charge in [-0.2, -0.15) is 0 Å². The van der Waals surface area contributed by atoms with Gasteiger partial charge in [0.05, 0.1) is 4.92 Å². The second-order valence-electron chi connectivity index (χ2n) is 4.53. The second kappa shape index (κ2) is 4.57. The topological polar surface area (TPSA) is 63.4 Å². The molecule has 88 valence electrons. The molecule has 0 saturated carbocycles. The zero-order valence-electron chi connectivity index (χ0n) is 9.24. The average molecular weight is 227 g/mol. The number of nitro groups is 1. The van der Waals surface area contributed by atoms with Crippen LogP contribution in [-0.4, -0.2) is 16.6 Å². The minimum absolute atomic E-state index is 0.102. The van der Waals surface area contributed by atoms with Gasteiger partial charge >= 0.3 is 0 Å². The highest BCUT2D eigenvalue weighted by Crippen LogP contribution is 2.25. The van der Waals surface area contributed by atoms with Crippen molar-refractivity contribution >= 4 is 5.69 Å². The fraction of sp³-hybridized carbons (Fsp3) is 0.455. The minimum Gasteiger partial charge on any atom is -0.396 e. The van der Waals surface area contributed by atoms with Gasteiger partial charge in [0.1, 0.15) is 5.82 Å². The van der Waals surface area contributed by atoms with E-state index in [4.69, 9.17) is 5.11 Å². The molecule has 1 rings (SSSR count). The van der Waals surface area contributed by atoms with Gasteiger partial charge in [0.2, 0.25) is 0 Å². The van der Waals surface area contributed by atoms with E-state index >= 15 is 0 Å².